The van der Waals surface area contributed by atoms with Crippen molar-refractivity contribution in [3.63, 3.8) is 0 Å². The van der Waals surface area contributed by atoms with E-state index in [4.69, 9.17) is 9.26 Å². The summed E-state index contributed by atoms with van der Waals surface area (Å²) in [6.07, 6.45) is 3.35. The summed E-state index contributed by atoms with van der Waals surface area (Å²) in [6.45, 7) is 0.610. The quantitative estimate of drug-likeness (QED) is 0.542. The highest BCUT2D eigenvalue weighted by atomic mass is 32.1. The molecule has 3 rings (SSSR count). The van der Waals surface area contributed by atoms with Gasteiger partial charge in [0.1, 0.15) is 5.69 Å². The lowest BCUT2D eigenvalue weighted by Crippen LogP contribution is -2.24. The second-order valence-corrected chi connectivity index (χ2v) is 6.56. The van der Waals surface area contributed by atoms with Gasteiger partial charge in [-0.05, 0) is 31.0 Å². The van der Waals surface area contributed by atoms with Crippen LogP contribution in [0.3, 0.4) is 0 Å². The molecular weight excluding hydrogens is 368 g/mol. The molecule has 2 N–H and O–H groups in total. The van der Waals surface area contributed by atoms with Gasteiger partial charge in [0, 0.05) is 23.9 Å². The average Bonchev–Trinajstić information content (AvgIpc) is 3.37. The number of carbonyl (C=O) groups excluding carboxylic acids is 1. The molecule has 0 aliphatic carbocycles. The molecule has 0 aliphatic heterocycles. The third kappa shape index (κ3) is 5.04. The average molecular weight is 388 g/mol. The highest BCUT2D eigenvalue weighted by molar-refractivity contribution is 7.07. The largest absolute Gasteiger partial charge is 0.504 e. The zero-order valence-electron chi connectivity index (χ0n) is 14.8. The Morgan fingerprint density at radius 1 is 1.33 bits per heavy atom. The van der Waals surface area contributed by atoms with Gasteiger partial charge in [0.25, 0.3) is 5.91 Å². The van der Waals surface area contributed by atoms with Crippen molar-refractivity contribution < 1.29 is 19.2 Å². The van der Waals surface area contributed by atoms with Crippen LogP contribution in [0.5, 0.6) is 11.5 Å². The molecule has 2 aromatic heterocycles. The maximum absolute atomic E-state index is 11.7. The molecule has 0 aliphatic rings. The topological polar surface area (TPSA) is 110 Å². The second-order valence-electron chi connectivity index (χ2n) is 5.84. The number of aryl methyl sites for hydroxylation is 1. The summed E-state index contributed by atoms with van der Waals surface area (Å²) in [4.78, 5) is 20.1. The predicted octanol–water partition coefficient (Wildman–Crippen LogP) is 3.05. The van der Waals surface area contributed by atoms with Crippen molar-refractivity contribution in [2.24, 2.45) is 0 Å². The van der Waals surface area contributed by atoms with Crippen LogP contribution in [0, 0.1) is 0 Å². The second kappa shape index (κ2) is 9.13. The zero-order valence-corrected chi connectivity index (χ0v) is 15.7. The Bertz CT molecular complexity index is 879. The first-order valence-electron chi connectivity index (χ1n) is 8.53. The number of aromatic nitrogens is 3. The highest BCUT2D eigenvalue weighted by Gasteiger charge is 2.11. The van der Waals surface area contributed by atoms with Crippen molar-refractivity contribution in [2.45, 2.75) is 25.7 Å². The number of carbonyl (C=O) groups is 1. The van der Waals surface area contributed by atoms with Crippen LogP contribution >= 0.6 is 11.3 Å². The fourth-order valence-electron chi connectivity index (χ4n) is 2.49. The van der Waals surface area contributed by atoms with Gasteiger partial charge in [-0.25, -0.2) is 4.98 Å². The monoisotopic (exact) mass is 388 g/mol. The van der Waals surface area contributed by atoms with E-state index in [1.807, 2.05) is 0 Å². The molecule has 142 valence electrons. The van der Waals surface area contributed by atoms with Crippen molar-refractivity contribution in [3.05, 3.63) is 40.7 Å². The number of aromatic hydroxyl groups is 1. The summed E-state index contributed by atoms with van der Waals surface area (Å²) in [5.74, 6) is 1.30. The number of phenolic OH excluding ortho intramolecular Hbond substituents is 1. The zero-order chi connectivity index (χ0) is 19.1. The van der Waals surface area contributed by atoms with Crippen molar-refractivity contribution in [1.82, 2.24) is 20.4 Å². The van der Waals surface area contributed by atoms with Gasteiger partial charge in [-0.1, -0.05) is 11.6 Å². The van der Waals surface area contributed by atoms with Crippen molar-refractivity contribution in [3.8, 4) is 22.9 Å². The number of benzene rings is 1. The molecule has 0 spiro atoms. The Labute approximate surface area is 160 Å². The number of hydrogen-bond donors (Lipinski definition) is 2. The van der Waals surface area contributed by atoms with E-state index in [1.165, 1.54) is 24.5 Å². The number of thiazole rings is 1. The number of nitrogens with one attached hydrogen (secondary N) is 1. The Morgan fingerprint density at radius 2 is 2.22 bits per heavy atom. The summed E-state index contributed by atoms with van der Waals surface area (Å²) in [5.41, 5.74) is 2.82. The van der Waals surface area contributed by atoms with Crippen LogP contribution < -0.4 is 10.1 Å². The highest BCUT2D eigenvalue weighted by Crippen LogP contribution is 2.30. The molecule has 3 aromatic rings. The standard InChI is InChI=1S/C18H20N4O4S/c1-25-15-9-12(6-7-14(15)23)17-21-16(26-22-17)5-3-2-4-8-19-18(24)13-10-27-11-20-13/h6-7,9-11,23H,2-5,8H2,1H3,(H,19,24). The molecule has 0 fully saturated rings. The minimum atomic E-state index is -0.137. The number of methoxy groups -OCH3 is 1. The molecule has 1 amide bonds. The summed E-state index contributed by atoms with van der Waals surface area (Å²) in [7, 11) is 1.49. The van der Waals surface area contributed by atoms with E-state index in [9.17, 15) is 9.90 Å². The predicted molar refractivity (Wildman–Crippen MR) is 100.0 cm³/mol. The first-order valence-corrected chi connectivity index (χ1v) is 9.48. The number of phenols is 1. The molecule has 2 heterocycles. The molecule has 1 aromatic carbocycles. The van der Waals surface area contributed by atoms with Crippen LogP contribution in [0.2, 0.25) is 0 Å². The molecule has 0 saturated carbocycles. The van der Waals surface area contributed by atoms with Gasteiger partial charge in [0.05, 0.1) is 12.6 Å². The van der Waals surface area contributed by atoms with Crippen LogP contribution in [-0.4, -0.2) is 39.8 Å². The first kappa shape index (κ1) is 18.8. The van der Waals surface area contributed by atoms with E-state index in [0.29, 0.717) is 41.7 Å². The molecule has 0 unspecified atom stereocenters. The van der Waals surface area contributed by atoms with Gasteiger partial charge in [-0.3, -0.25) is 4.79 Å². The first-order chi connectivity index (χ1) is 13.2. The fraction of sp³-hybridized carbons (Fsp3) is 0.333. The maximum atomic E-state index is 11.7. The van der Waals surface area contributed by atoms with Gasteiger partial charge >= 0.3 is 0 Å². The Kier molecular flexibility index (Phi) is 6.37. The Balaban J connectivity index is 1.40. The van der Waals surface area contributed by atoms with E-state index in [0.717, 1.165) is 19.3 Å². The lowest BCUT2D eigenvalue weighted by molar-refractivity contribution is 0.0948. The number of hydrogen-bond acceptors (Lipinski definition) is 8. The van der Waals surface area contributed by atoms with E-state index >= 15 is 0 Å². The minimum absolute atomic E-state index is 0.0619. The fourth-order valence-corrected chi connectivity index (χ4v) is 3.02. The SMILES string of the molecule is COc1cc(-c2noc(CCCCCNC(=O)c3cscn3)n2)ccc1O. The molecule has 0 bridgehead atoms. The molecular formula is C18H20N4O4S. The molecule has 9 heteroatoms. The van der Waals surface area contributed by atoms with Crippen LogP contribution in [0.4, 0.5) is 0 Å². The van der Waals surface area contributed by atoms with Gasteiger partial charge in [0.2, 0.25) is 11.7 Å². The normalized spacial score (nSPS) is 10.7. The third-order valence-electron chi connectivity index (χ3n) is 3.92. The number of unbranched alkanes of at least 4 members (excludes halogenated alkanes) is 2. The van der Waals surface area contributed by atoms with Gasteiger partial charge in [-0.15, -0.1) is 11.3 Å². The van der Waals surface area contributed by atoms with Gasteiger partial charge in [0.15, 0.2) is 11.5 Å². The summed E-state index contributed by atoms with van der Waals surface area (Å²) >= 11 is 1.40. The van der Waals surface area contributed by atoms with Crippen molar-refractivity contribution in [2.75, 3.05) is 13.7 Å². The number of amides is 1. The molecule has 27 heavy (non-hydrogen) atoms. The van der Waals surface area contributed by atoms with Gasteiger partial charge < -0.3 is 19.7 Å². The minimum Gasteiger partial charge on any atom is -0.504 e. The molecule has 8 nitrogen and oxygen atoms in total. The van der Waals surface area contributed by atoms with E-state index in [-0.39, 0.29) is 11.7 Å². The van der Waals surface area contributed by atoms with Crippen molar-refractivity contribution >= 4 is 17.2 Å². The smallest absolute Gasteiger partial charge is 0.270 e. The molecule has 0 radical (unpaired) electrons. The van der Waals surface area contributed by atoms with Crippen molar-refractivity contribution in [1.29, 1.82) is 0 Å². The third-order valence-corrected chi connectivity index (χ3v) is 4.51. The van der Waals surface area contributed by atoms with E-state index in [1.54, 1.807) is 23.0 Å². The van der Waals surface area contributed by atoms with E-state index in [2.05, 4.69) is 20.4 Å². The molecule has 0 atom stereocenters. The lowest BCUT2D eigenvalue weighted by Gasteiger charge is -2.03. The Hall–Kier alpha value is -2.94. The van der Waals surface area contributed by atoms with Crippen LogP contribution in [0.15, 0.2) is 33.6 Å². The number of ether oxygens (including phenoxy) is 1. The van der Waals surface area contributed by atoms with Crippen LogP contribution in [0.25, 0.3) is 11.4 Å². The van der Waals surface area contributed by atoms with Crippen LogP contribution in [0.1, 0.15) is 35.6 Å². The summed E-state index contributed by atoms with van der Waals surface area (Å²) < 4.78 is 10.4. The number of nitrogens with zero attached hydrogens (tertiary/aromatic N) is 3. The van der Waals surface area contributed by atoms with Crippen LogP contribution in [-0.2, 0) is 6.42 Å². The summed E-state index contributed by atoms with van der Waals surface area (Å²) in [6, 6.07) is 4.90. The number of rotatable bonds is 9. The Morgan fingerprint density at radius 3 is 3.00 bits per heavy atom. The maximum Gasteiger partial charge on any atom is 0.270 e. The summed E-state index contributed by atoms with van der Waals surface area (Å²) in [5, 5.41) is 18.2. The van der Waals surface area contributed by atoms with Gasteiger partial charge in [-0.2, -0.15) is 4.98 Å². The molecule has 0 saturated heterocycles. The van der Waals surface area contributed by atoms with E-state index < -0.39 is 0 Å². The lowest BCUT2D eigenvalue weighted by atomic mass is 10.2.